The lowest BCUT2D eigenvalue weighted by atomic mass is 9.77. The van der Waals surface area contributed by atoms with E-state index in [1.165, 1.54) is 48.8 Å². The normalized spacial score (nSPS) is 25.3. The molecule has 1 unspecified atom stereocenters. The van der Waals surface area contributed by atoms with Gasteiger partial charge in [0.1, 0.15) is 0 Å². The zero-order chi connectivity index (χ0) is 13.8. The Kier molecular flexibility index (Phi) is 5.04. The lowest BCUT2D eigenvalue weighted by Gasteiger charge is -2.31. The summed E-state index contributed by atoms with van der Waals surface area (Å²) in [5, 5.41) is 10.5. The highest BCUT2D eigenvalue weighted by Crippen LogP contribution is 2.33. The molecule has 0 amide bonds. The van der Waals surface area contributed by atoms with Crippen molar-refractivity contribution < 1.29 is 5.11 Å². The summed E-state index contributed by atoms with van der Waals surface area (Å²) in [4.78, 5) is 0. The standard InChI is InChI=1S/C18H28O/c1-4-15-5-7-17(8-6-15)18(19)12-16-10-13(2)9-14(3)11-16/h9-11,15,17-19H,4-8,12H2,1-3H3. The number of aliphatic hydroxyl groups excluding tert-OH is 1. The Morgan fingerprint density at radius 1 is 1.05 bits per heavy atom. The van der Waals surface area contributed by atoms with E-state index in [0.717, 1.165) is 12.3 Å². The number of hydrogen-bond acceptors (Lipinski definition) is 1. The van der Waals surface area contributed by atoms with Gasteiger partial charge in [0.2, 0.25) is 0 Å². The van der Waals surface area contributed by atoms with Crippen LogP contribution in [0.25, 0.3) is 0 Å². The van der Waals surface area contributed by atoms with Crippen molar-refractivity contribution in [2.75, 3.05) is 0 Å². The second-order valence-corrected chi connectivity index (χ2v) is 6.46. The monoisotopic (exact) mass is 260 g/mol. The Morgan fingerprint density at radius 3 is 2.16 bits per heavy atom. The number of aliphatic hydroxyl groups is 1. The summed E-state index contributed by atoms with van der Waals surface area (Å²) in [6, 6.07) is 6.63. The maximum absolute atomic E-state index is 10.5. The van der Waals surface area contributed by atoms with Gasteiger partial charge in [0, 0.05) is 0 Å². The summed E-state index contributed by atoms with van der Waals surface area (Å²) >= 11 is 0. The minimum atomic E-state index is -0.154. The zero-order valence-corrected chi connectivity index (χ0v) is 12.7. The second-order valence-electron chi connectivity index (χ2n) is 6.46. The molecule has 1 aliphatic rings. The first kappa shape index (κ1) is 14.6. The van der Waals surface area contributed by atoms with Crippen LogP contribution in [0.5, 0.6) is 0 Å². The molecule has 1 nitrogen and oxygen atoms in total. The maximum Gasteiger partial charge on any atom is 0.0608 e. The van der Waals surface area contributed by atoms with Crippen molar-refractivity contribution in [3.8, 4) is 0 Å². The molecule has 0 radical (unpaired) electrons. The van der Waals surface area contributed by atoms with Gasteiger partial charge >= 0.3 is 0 Å². The van der Waals surface area contributed by atoms with Crippen LogP contribution >= 0.6 is 0 Å². The van der Waals surface area contributed by atoms with Crippen molar-refractivity contribution in [1.82, 2.24) is 0 Å². The van der Waals surface area contributed by atoms with Crippen LogP contribution in [0.15, 0.2) is 18.2 Å². The SMILES string of the molecule is CCC1CCC(C(O)Cc2cc(C)cc(C)c2)CC1. The van der Waals surface area contributed by atoms with Crippen LogP contribution in [-0.4, -0.2) is 11.2 Å². The van der Waals surface area contributed by atoms with E-state index in [0.29, 0.717) is 5.92 Å². The summed E-state index contributed by atoms with van der Waals surface area (Å²) in [7, 11) is 0. The first-order valence-corrected chi connectivity index (χ1v) is 7.83. The van der Waals surface area contributed by atoms with Gasteiger partial charge in [0.25, 0.3) is 0 Å². The van der Waals surface area contributed by atoms with Gasteiger partial charge in [-0.1, -0.05) is 55.5 Å². The molecule has 0 saturated heterocycles. The number of hydrogen-bond donors (Lipinski definition) is 1. The molecule has 1 heteroatoms. The predicted molar refractivity (Wildman–Crippen MR) is 81.4 cm³/mol. The van der Waals surface area contributed by atoms with Gasteiger partial charge in [-0.05, 0) is 50.5 Å². The molecule has 0 bridgehead atoms. The Morgan fingerprint density at radius 2 is 1.63 bits per heavy atom. The largest absolute Gasteiger partial charge is 0.392 e. The highest BCUT2D eigenvalue weighted by atomic mass is 16.3. The molecular weight excluding hydrogens is 232 g/mol. The van der Waals surface area contributed by atoms with E-state index in [1.54, 1.807) is 0 Å². The lowest BCUT2D eigenvalue weighted by Crippen LogP contribution is -2.27. The van der Waals surface area contributed by atoms with E-state index in [4.69, 9.17) is 0 Å². The van der Waals surface area contributed by atoms with Crippen molar-refractivity contribution in [3.63, 3.8) is 0 Å². The van der Waals surface area contributed by atoms with Gasteiger partial charge in [-0.2, -0.15) is 0 Å². The third-order valence-corrected chi connectivity index (χ3v) is 4.74. The Labute approximate surface area is 118 Å². The molecular formula is C18H28O. The molecule has 1 aliphatic carbocycles. The highest BCUT2D eigenvalue weighted by molar-refractivity contribution is 5.29. The van der Waals surface area contributed by atoms with Crippen molar-refractivity contribution >= 4 is 0 Å². The summed E-state index contributed by atoms with van der Waals surface area (Å²) in [6.45, 7) is 6.56. The first-order valence-electron chi connectivity index (χ1n) is 7.83. The van der Waals surface area contributed by atoms with E-state index in [-0.39, 0.29) is 6.10 Å². The Balaban J connectivity index is 1.92. The topological polar surface area (TPSA) is 20.2 Å². The van der Waals surface area contributed by atoms with Gasteiger partial charge in [0.05, 0.1) is 6.10 Å². The van der Waals surface area contributed by atoms with Crippen molar-refractivity contribution in [1.29, 1.82) is 0 Å². The van der Waals surface area contributed by atoms with Crippen LogP contribution in [-0.2, 0) is 6.42 Å². The Hall–Kier alpha value is -0.820. The minimum Gasteiger partial charge on any atom is -0.392 e. The van der Waals surface area contributed by atoms with Crippen LogP contribution in [0, 0.1) is 25.7 Å². The quantitative estimate of drug-likeness (QED) is 0.849. The third kappa shape index (κ3) is 4.07. The molecule has 19 heavy (non-hydrogen) atoms. The summed E-state index contributed by atoms with van der Waals surface area (Å²) in [6.07, 6.45) is 7.02. The third-order valence-electron chi connectivity index (χ3n) is 4.74. The summed E-state index contributed by atoms with van der Waals surface area (Å²) in [5.41, 5.74) is 3.90. The van der Waals surface area contributed by atoms with Crippen LogP contribution in [0.2, 0.25) is 0 Å². The molecule has 1 saturated carbocycles. The van der Waals surface area contributed by atoms with E-state index < -0.39 is 0 Å². The van der Waals surface area contributed by atoms with Crippen molar-refractivity contribution in [2.24, 2.45) is 11.8 Å². The van der Waals surface area contributed by atoms with Crippen LogP contribution < -0.4 is 0 Å². The van der Waals surface area contributed by atoms with Gasteiger partial charge in [-0.15, -0.1) is 0 Å². The smallest absolute Gasteiger partial charge is 0.0608 e. The average molecular weight is 260 g/mol. The molecule has 0 aromatic heterocycles. The fourth-order valence-electron chi connectivity index (χ4n) is 3.58. The summed E-state index contributed by atoms with van der Waals surface area (Å²) < 4.78 is 0. The molecule has 1 atom stereocenters. The van der Waals surface area contributed by atoms with E-state index >= 15 is 0 Å². The van der Waals surface area contributed by atoms with Gasteiger partial charge < -0.3 is 5.11 Å². The number of aryl methyl sites for hydroxylation is 2. The molecule has 1 aromatic carbocycles. The first-order chi connectivity index (χ1) is 9.08. The van der Waals surface area contributed by atoms with Crippen molar-refractivity contribution in [2.45, 2.75) is 65.4 Å². The van der Waals surface area contributed by atoms with Crippen molar-refractivity contribution in [3.05, 3.63) is 34.9 Å². The molecule has 106 valence electrons. The van der Waals surface area contributed by atoms with E-state index in [2.05, 4.69) is 39.0 Å². The van der Waals surface area contributed by atoms with E-state index in [1.807, 2.05) is 0 Å². The molecule has 0 aliphatic heterocycles. The van der Waals surface area contributed by atoms with Gasteiger partial charge in [-0.25, -0.2) is 0 Å². The second kappa shape index (κ2) is 6.56. The fourth-order valence-corrected chi connectivity index (χ4v) is 3.58. The number of rotatable bonds is 4. The molecule has 1 aromatic rings. The summed E-state index contributed by atoms with van der Waals surface area (Å²) in [5.74, 6) is 1.42. The van der Waals surface area contributed by atoms with E-state index in [9.17, 15) is 5.11 Å². The molecule has 0 heterocycles. The Bertz CT molecular complexity index is 382. The minimum absolute atomic E-state index is 0.154. The zero-order valence-electron chi connectivity index (χ0n) is 12.7. The number of benzene rings is 1. The molecule has 1 fully saturated rings. The molecule has 0 spiro atoms. The van der Waals surface area contributed by atoms with Crippen LogP contribution in [0.4, 0.5) is 0 Å². The molecule has 1 N–H and O–H groups in total. The molecule has 2 rings (SSSR count). The predicted octanol–water partition coefficient (Wildman–Crippen LogP) is 4.42. The van der Waals surface area contributed by atoms with Gasteiger partial charge in [-0.3, -0.25) is 0 Å². The van der Waals surface area contributed by atoms with Crippen LogP contribution in [0.3, 0.4) is 0 Å². The average Bonchev–Trinajstić information content (AvgIpc) is 2.37. The lowest BCUT2D eigenvalue weighted by molar-refractivity contribution is 0.0735. The fraction of sp³-hybridized carbons (Fsp3) is 0.667. The highest BCUT2D eigenvalue weighted by Gasteiger charge is 2.25. The van der Waals surface area contributed by atoms with Crippen LogP contribution in [0.1, 0.15) is 55.7 Å². The maximum atomic E-state index is 10.5. The van der Waals surface area contributed by atoms with Gasteiger partial charge in [0.15, 0.2) is 0 Å².